The van der Waals surface area contributed by atoms with Gasteiger partial charge in [0.25, 0.3) is 0 Å². The molecule has 3 nitrogen and oxygen atoms in total. The number of fused-ring (bicyclic) bond motifs is 1. The van der Waals surface area contributed by atoms with Gasteiger partial charge in [0.05, 0.1) is 11.2 Å². The van der Waals surface area contributed by atoms with Gasteiger partial charge in [-0.15, -0.1) is 0 Å². The molecule has 1 aromatic carbocycles. The minimum atomic E-state index is 0.0451. The highest BCUT2D eigenvalue weighted by Crippen LogP contribution is 2.22. The molecule has 1 heterocycles. The predicted octanol–water partition coefficient (Wildman–Crippen LogP) is 3.07. The van der Waals surface area contributed by atoms with Crippen molar-refractivity contribution in [3.05, 3.63) is 42.2 Å². The lowest BCUT2D eigenvalue weighted by molar-refractivity contribution is -0.112. The Labute approximate surface area is 94.2 Å². The fraction of sp³-hybridized carbons (Fsp3) is 0.154. The fourth-order valence-corrected chi connectivity index (χ4v) is 1.74. The number of rotatable bonds is 3. The summed E-state index contributed by atoms with van der Waals surface area (Å²) in [6, 6.07) is 8.03. The Morgan fingerprint density at radius 2 is 2.12 bits per heavy atom. The molecule has 0 spiro atoms. The van der Waals surface area contributed by atoms with E-state index < -0.39 is 0 Å². The Kier molecular flexibility index (Phi) is 2.77. The van der Waals surface area contributed by atoms with Crippen LogP contribution >= 0.6 is 0 Å². The van der Waals surface area contributed by atoms with Gasteiger partial charge in [0.1, 0.15) is 0 Å². The Bertz CT molecular complexity index is 552. The summed E-state index contributed by atoms with van der Waals surface area (Å²) in [5.74, 6) is 0.0451. The fourth-order valence-electron chi connectivity index (χ4n) is 1.74. The molecule has 2 rings (SSSR count). The van der Waals surface area contributed by atoms with Gasteiger partial charge in [0.2, 0.25) is 0 Å². The first-order valence-corrected chi connectivity index (χ1v) is 5.19. The molecule has 16 heavy (non-hydrogen) atoms. The van der Waals surface area contributed by atoms with Crippen molar-refractivity contribution in [2.24, 2.45) is 0 Å². The van der Waals surface area contributed by atoms with Crippen molar-refractivity contribution in [2.45, 2.75) is 13.8 Å². The molecular formula is C13H14N2O. The van der Waals surface area contributed by atoms with Crippen LogP contribution in [-0.4, -0.2) is 10.8 Å². The Morgan fingerprint density at radius 3 is 2.88 bits per heavy atom. The van der Waals surface area contributed by atoms with Crippen molar-refractivity contribution in [1.82, 2.24) is 4.98 Å². The van der Waals surface area contributed by atoms with E-state index in [1.807, 2.05) is 37.4 Å². The molecule has 0 aliphatic rings. The van der Waals surface area contributed by atoms with Crippen LogP contribution in [0.25, 0.3) is 10.9 Å². The standard InChI is InChI=1S/C13H14N2O/c1-9(8-10(2)16)15-12-5-3-4-11-6-7-14-13(11)12/h3-8,14-15H,1-2H3/b9-8-. The average molecular weight is 214 g/mol. The first-order chi connectivity index (χ1) is 7.66. The van der Waals surface area contributed by atoms with Gasteiger partial charge < -0.3 is 10.3 Å². The molecule has 0 atom stereocenters. The Morgan fingerprint density at radius 1 is 1.31 bits per heavy atom. The van der Waals surface area contributed by atoms with Gasteiger partial charge in [0, 0.05) is 17.3 Å². The quantitative estimate of drug-likeness (QED) is 0.771. The number of ketones is 1. The number of hydrogen-bond acceptors (Lipinski definition) is 2. The van der Waals surface area contributed by atoms with Crippen LogP contribution in [0.3, 0.4) is 0 Å². The van der Waals surface area contributed by atoms with Gasteiger partial charge in [0.15, 0.2) is 5.78 Å². The second kappa shape index (κ2) is 4.23. The topological polar surface area (TPSA) is 44.9 Å². The van der Waals surface area contributed by atoms with Crippen LogP contribution in [0, 0.1) is 0 Å². The number of para-hydroxylation sites is 1. The second-order valence-electron chi connectivity index (χ2n) is 3.81. The zero-order valence-corrected chi connectivity index (χ0v) is 9.37. The van der Waals surface area contributed by atoms with Crippen molar-refractivity contribution in [1.29, 1.82) is 0 Å². The van der Waals surface area contributed by atoms with Crippen LogP contribution in [0.2, 0.25) is 0 Å². The molecule has 0 saturated heterocycles. The summed E-state index contributed by atoms with van der Waals surface area (Å²) in [6.07, 6.45) is 3.49. The van der Waals surface area contributed by atoms with Crippen LogP contribution in [-0.2, 0) is 4.79 Å². The van der Waals surface area contributed by atoms with E-state index in [4.69, 9.17) is 0 Å². The van der Waals surface area contributed by atoms with Crippen molar-refractivity contribution in [2.75, 3.05) is 5.32 Å². The number of carbonyl (C=O) groups excluding carboxylic acids is 1. The summed E-state index contributed by atoms with van der Waals surface area (Å²) >= 11 is 0. The average Bonchev–Trinajstić information content (AvgIpc) is 2.65. The van der Waals surface area contributed by atoms with E-state index in [1.54, 1.807) is 13.0 Å². The molecule has 3 heteroatoms. The summed E-state index contributed by atoms with van der Waals surface area (Å²) < 4.78 is 0. The SMILES string of the molecule is CC(=O)/C=C(/C)Nc1cccc2cc[nH]c12. The van der Waals surface area contributed by atoms with Crippen LogP contribution in [0.5, 0.6) is 0 Å². The molecule has 0 aliphatic heterocycles. The highest BCUT2D eigenvalue weighted by atomic mass is 16.1. The summed E-state index contributed by atoms with van der Waals surface area (Å²) in [4.78, 5) is 14.1. The molecule has 0 saturated carbocycles. The van der Waals surface area contributed by atoms with E-state index >= 15 is 0 Å². The van der Waals surface area contributed by atoms with E-state index in [0.717, 1.165) is 22.3 Å². The van der Waals surface area contributed by atoms with Crippen molar-refractivity contribution in [3.8, 4) is 0 Å². The lowest BCUT2D eigenvalue weighted by atomic mass is 10.2. The van der Waals surface area contributed by atoms with Crippen LogP contribution in [0.1, 0.15) is 13.8 Å². The number of H-pyrrole nitrogens is 1. The molecule has 1 aromatic heterocycles. The molecule has 0 aliphatic carbocycles. The van der Waals surface area contributed by atoms with Gasteiger partial charge in [-0.3, -0.25) is 4.79 Å². The summed E-state index contributed by atoms with van der Waals surface area (Å²) in [5.41, 5.74) is 2.88. The monoisotopic (exact) mass is 214 g/mol. The summed E-state index contributed by atoms with van der Waals surface area (Å²) in [5, 5.41) is 4.36. The predicted molar refractivity (Wildman–Crippen MR) is 66.4 cm³/mol. The molecule has 0 radical (unpaired) electrons. The first kappa shape index (κ1) is 10.5. The number of anilines is 1. The second-order valence-corrected chi connectivity index (χ2v) is 3.81. The van der Waals surface area contributed by atoms with Crippen LogP contribution < -0.4 is 5.32 Å². The lowest BCUT2D eigenvalue weighted by Gasteiger charge is -2.07. The Hall–Kier alpha value is -2.03. The van der Waals surface area contributed by atoms with Gasteiger partial charge in [-0.1, -0.05) is 12.1 Å². The zero-order chi connectivity index (χ0) is 11.5. The summed E-state index contributed by atoms with van der Waals surface area (Å²) in [7, 11) is 0. The van der Waals surface area contributed by atoms with Crippen molar-refractivity contribution in [3.63, 3.8) is 0 Å². The van der Waals surface area contributed by atoms with E-state index in [-0.39, 0.29) is 5.78 Å². The number of aromatic amines is 1. The molecule has 0 amide bonds. The first-order valence-electron chi connectivity index (χ1n) is 5.19. The highest BCUT2D eigenvalue weighted by molar-refractivity contribution is 5.93. The highest BCUT2D eigenvalue weighted by Gasteiger charge is 2.01. The Balaban J connectivity index is 2.34. The molecule has 2 aromatic rings. The summed E-state index contributed by atoms with van der Waals surface area (Å²) in [6.45, 7) is 3.42. The van der Waals surface area contributed by atoms with Crippen LogP contribution in [0.4, 0.5) is 5.69 Å². The number of carbonyl (C=O) groups is 1. The minimum absolute atomic E-state index is 0.0451. The maximum absolute atomic E-state index is 10.9. The number of allylic oxidation sites excluding steroid dienone is 2. The third-order valence-electron chi connectivity index (χ3n) is 2.34. The van der Waals surface area contributed by atoms with Gasteiger partial charge in [-0.2, -0.15) is 0 Å². The largest absolute Gasteiger partial charge is 0.359 e. The van der Waals surface area contributed by atoms with Crippen LogP contribution in [0.15, 0.2) is 42.2 Å². The third-order valence-corrected chi connectivity index (χ3v) is 2.34. The number of hydrogen-bond donors (Lipinski definition) is 2. The molecule has 0 fully saturated rings. The van der Waals surface area contributed by atoms with Gasteiger partial charge in [-0.25, -0.2) is 0 Å². The maximum Gasteiger partial charge on any atom is 0.154 e. The smallest absolute Gasteiger partial charge is 0.154 e. The minimum Gasteiger partial charge on any atom is -0.359 e. The molecule has 82 valence electrons. The van der Waals surface area contributed by atoms with Crippen molar-refractivity contribution < 1.29 is 4.79 Å². The molecular weight excluding hydrogens is 200 g/mol. The molecule has 0 bridgehead atoms. The van der Waals surface area contributed by atoms with E-state index in [1.165, 1.54) is 0 Å². The number of benzene rings is 1. The number of nitrogens with one attached hydrogen (secondary N) is 2. The molecule has 2 N–H and O–H groups in total. The van der Waals surface area contributed by atoms with Crippen molar-refractivity contribution >= 4 is 22.4 Å². The third kappa shape index (κ3) is 2.14. The molecule has 0 unspecified atom stereocenters. The van der Waals surface area contributed by atoms with E-state index in [2.05, 4.69) is 10.3 Å². The van der Waals surface area contributed by atoms with Gasteiger partial charge in [-0.05, 0) is 32.1 Å². The lowest BCUT2D eigenvalue weighted by Crippen LogP contribution is -1.98. The normalized spacial score (nSPS) is 11.8. The number of aromatic nitrogens is 1. The van der Waals surface area contributed by atoms with Gasteiger partial charge >= 0.3 is 0 Å². The maximum atomic E-state index is 10.9. The van der Waals surface area contributed by atoms with E-state index in [0.29, 0.717) is 0 Å². The van der Waals surface area contributed by atoms with E-state index in [9.17, 15) is 4.79 Å². The zero-order valence-electron chi connectivity index (χ0n) is 9.37.